The molecule has 4 heterocycles. The van der Waals surface area contributed by atoms with Crippen molar-refractivity contribution in [3.8, 4) is 0 Å². The van der Waals surface area contributed by atoms with Crippen molar-refractivity contribution in [3.63, 3.8) is 0 Å². The van der Waals surface area contributed by atoms with Crippen LogP contribution in [0.5, 0.6) is 0 Å². The Morgan fingerprint density at radius 3 is 2.36 bits per heavy atom. The summed E-state index contributed by atoms with van der Waals surface area (Å²) in [4.78, 5) is 30.5. The predicted molar refractivity (Wildman–Crippen MR) is 161 cm³/mol. The van der Waals surface area contributed by atoms with E-state index in [0.29, 0.717) is 17.3 Å². The molecule has 0 bridgehead atoms. The number of furan rings is 1. The molecule has 0 radical (unpaired) electrons. The molecular formula is C30H31F2N7O5S. The van der Waals surface area contributed by atoms with Crippen LogP contribution in [0.4, 0.5) is 26.0 Å². The molecule has 4 aromatic rings. The maximum Gasteiger partial charge on any atom is 0.258 e. The summed E-state index contributed by atoms with van der Waals surface area (Å²) in [6.07, 6.45) is 2.67. The van der Waals surface area contributed by atoms with E-state index in [1.54, 1.807) is 32.0 Å². The van der Waals surface area contributed by atoms with Gasteiger partial charge in [0.05, 0.1) is 39.2 Å². The van der Waals surface area contributed by atoms with Crippen LogP contribution in [0.1, 0.15) is 45.8 Å². The summed E-state index contributed by atoms with van der Waals surface area (Å²) in [5.41, 5.74) is 1.14. The number of carbonyl (C=O) groups excluding carboxylic acids is 2. The number of fused-ring (bicyclic) bond motifs is 1. The second-order valence-electron chi connectivity index (χ2n) is 11.5. The Labute approximate surface area is 258 Å². The lowest BCUT2D eigenvalue weighted by atomic mass is 10.0. The number of nitrogens with zero attached hydrogens (tertiary/aromatic N) is 4. The van der Waals surface area contributed by atoms with Gasteiger partial charge in [0.25, 0.3) is 11.8 Å². The molecule has 3 N–H and O–H groups in total. The lowest BCUT2D eigenvalue weighted by Gasteiger charge is -2.34. The minimum absolute atomic E-state index is 0.0847. The van der Waals surface area contributed by atoms with E-state index in [2.05, 4.69) is 30.6 Å². The van der Waals surface area contributed by atoms with Gasteiger partial charge in [0.1, 0.15) is 17.9 Å². The van der Waals surface area contributed by atoms with Crippen LogP contribution in [0.25, 0.3) is 0 Å². The SMILES string of the molecule is CN1CCN(c2ccc(C(=O)Nc3n[nH]c4c3CN(S(=O)(=O)c3cc(F)cc(F)c3)C4(C)C)c(NC(=O)c3ccoc3)c2)CC1. The number of halogens is 2. The summed E-state index contributed by atoms with van der Waals surface area (Å²) >= 11 is 0. The average Bonchev–Trinajstić information content (AvgIpc) is 3.72. The second kappa shape index (κ2) is 11.4. The van der Waals surface area contributed by atoms with Crippen molar-refractivity contribution in [2.45, 2.75) is 30.8 Å². The van der Waals surface area contributed by atoms with Gasteiger partial charge in [-0.25, -0.2) is 17.2 Å². The second-order valence-corrected chi connectivity index (χ2v) is 13.4. The van der Waals surface area contributed by atoms with Gasteiger partial charge in [-0.1, -0.05) is 0 Å². The van der Waals surface area contributed by atoms with Crippen molar-refractivity contribution >= 4 is 39.0 Å². The van der Waals surface area contributed by atoms with Crippen molar-refractivity contribution in [2.75, 3.05) is 48.8 Å². The van der Waals surface area contributed by atoms with Crippen LogP contribution >= 0.6 is 0 Å². The number of likely N-dealkylation sites (N-methyl/N-ethyl adjacent to an activating group) is 1. The van der Waals surface area contributed by atoms with Gasteiger partial charge in [0, 0.05) is 50.0 Å². The van der Waals surface area contributed by atoms with E-state index in [1.807, 2.05) is 7.05 Å². The van der Waals surface area contributed by atoms with Crippen LogP contribution in [0.3, 0.4) is 0 Å². The van der Waals surface area contributed by atoms with E-state index >= 15 is 0 Å². The van der Waals surface area contributed by atoms with Gasteiger partial charge in [-0.3, -0.25) is 14.7 Å². The van der Waals surface area contributed by atoms with Gasteiger partial charge in [0.15, 0.2) is 5.82 Å². The zero-order valence-electron chi connectivity index (χ0n) is 24.7. The molecular weight excluding hydrogens is 608 g/mol. The van der Waals surface area contributed by atoms with Gasteiger partial charge in [-0.05, 0) is 57.3 Å². The highest BCUT2D eigenvalue weighted by Gasteiger charge is 2.48. The molecule has 2 aliphatic rings. The van der Waals surface area contributed by atoms with Crippen molar-refractivity contribution < 1.29 is 31.2 Å². The standard InChI is InChI=1S/C30H31F2N7O5S/c1-30(2)26-24(16-39(30)45(42,43)22-13-19(31)12-20(32)14-22)27(36-35-26)34-29(41)23-5-4-21(38-9-7-37(3)8-10-38)15-25(23)33-28(40)18-6-11-44-17-18/h4-6,11-15,17H,7-10,16H2,1-3H3,(H,33,40)(H2,34,35,36,41). The summed E-state index contributed by atoms with van der Waals surface area (Å²) in [5.74, 6) is -3.02. The monoisotopic (exact) mass is 639 g/mol. The Hall–Kier alpha value is -4.60. The molecule has 2 aromatic heterocycles. The molecule has 2 aliphatic heterocycles. The van der Waals surface area contributed by atoms with E-state index in [4.69, 9.17) is 4.42 Å². The van der Waals surface area contributed by atoms with Crippen molar-refractivity contribution in [3.05, 3.63) is 89.0 Å². The molecule has 12 nitrogen and oxygen atoms in total. The molecule has 1 fully saturated rings. The maximum absolute atomic E-state index is 13.9. The van der Waals surface area contributed by atoms with E-state index in [1.165, 1.54) is 18.6 Å². The number of hydrogen-bond acceptors (Lipinski definition) is 8. The van der Waals surface area contributed by atoms with Gasteiger partial charge in [-0.15, -0.1) is 0 Å². The fraction of sp³-hybridized carbons (Fsp3) is 0.300. The van der Waals surface area contributed by atoms with E-state index in [0.717, 1.165) is 48.3 Å². The van der Waals surface area contributed by atoms with Crippen LogP contribution < -0.4 is 15.5 Å². The van der Waals surface area contributed by atoms with Gasteiger partial charge in [-0.2, -0.15) is 9.40 Å². The zero-order chi connectivity index (χ0) is 32.1. The van der Waals surface area contributed by atoms with Crippen LogP contribution in [-0.2, 0) is 22.1 Å². The Balaban J connectivity index is 1.29. The molecule has 1 saturated heterocycles. The van der Waals surface area contributed by atoms with E-state index in [-0.39, 0.29) is 29.2 Å². The molecule has 0 spiro atoms. The van der Waals surface area contributed by atoms with Gasteiger partial charge < -0.3 is 24.9 Å². The molecule has 0 aliphatic carbocycles. The molecule has 2 aromatic carbocycles. The molecule has 2 amide bonds. The number of amides is 2. The first-order chi connectivity index (χ1) is 21.3. The van der Waals surface area contributed by atoms with Gasteiger partial charge in [0.2, 0.25) is 10.0 Å². The number of anilines is 3. The first-order valence-corrected chi connectivity index (χ1v) is 15.6. The number of benzene rings is 2. The number of rotatable bonds is 7. The molecule has 0 unspecified atom stereocenters. The molecule has 6 rings (SSSR count). The largest absolute Gasteiger partial charge is 0.472 e. The smallest absolute Gasteiger partial charge is 0.258 e. The summed E-state index contributed by atoms with van der Waals surface area (Å²) in [6, 6.07) is 8.77. The highest BCUT2D eigenvalue weighted by molar-refractivity contribution is 7.89. The fourth-order valence-electron chi connectivity index (χ4n) is 5.64. The lowest BCUT2D eigenvalue weighted by Crippen LogP contribution is -2.44. The lowest BCUT2D eigenvalue weighted by molar-refractivity contribution is 0.102. The van der Waals surface area contributed by atoms with Crippen molar-refractivity contribution in [1.29, 1.82) is 0 Å². The topological polar surface area (TPSA) is 144 Å². The molecule has 0 saturated carbocycles. The van der Waals surface area contributed by atoms with Crippen molar-refractivity contribution in [1.82, 2.24) is 19.4 Å². The van der Waals surface area contributed by atoms with Crippen molar-refractivity contribution in [2.24, 2.45) is 0 Å². The maximum atomic E-state index is 13.9. The summed E-state index contributed by atoms with van der Waals surface area (Å²) in [7, 11) is -2.31. The van der Waals surface area contributed by atoms with Crippen LogP contribution in [0.2, 0.25) is 0 Å². The molecule has 15 heteroatoms. The number of H-pyrrole nitrogens is 1. The fourth-order valence-corrected chi connectivity index (χ4v) is 7.41. The van der Waals surface area contributed by atoms with Crippen LogP contribution in [0, 0.1) is 11.6 Å². The van der Waals surface area contributed by atoms with Crippen LogP contribution in [-0.4, -0.2) is 72.9 Å². The Morgan fingerprint density at radius 1 is 0.978 bits per heavy atom. The van der Waals surface area contributed by atoms with E-state index in [9.17, 15) is 26.8 Å². The molecule has 0 atom stereocenters. The third-order valence-corrected chi connectivity index (χ3v) is 10.2. The number of hydrogen-bond donors (Lipinski definition) is 3. The number of aromatic amines is 1. The summed E-state index contributed by atoms with van der Waals surface area (Å²) < 4.78 is 61.0. The number of aromatic nitrogens is 2. The molecule has 236 valence electrons. The minimum atomic E-state index is -4.36. The minimum Gasteiger partial charge on any atom is -0.472 e. The summed E-state index contributed by atoms with van der Waals surface area (Å²) in [5, 5.41) is 12.6. The number of carbonyl (C=O) groups is 2. The van der Waals surface area contributed by atoms with E-state index < -0.39 is 43.9 Å². The Bertz CT molecular complexity index is 1860. The highest BCUT2D eigenvalue weighted by atomic mass is 32.2. The number of nitrogens with one attached hydrogen (secondary N) is 3. The number of sulfonamides is 1. The first-order valence-electron chi connectivity index (χ1n) is 14.1. The molecule has 45 heavy (non-hydrogen) atoms. The predicted octanol–water partition coefficient (Wildman–Crippen LogP) is 3.98. The van der Waals surface area contributed by atoms with Gasteiger partial charge >= 0.3 is 0 Å². The normalized spacial score (nSPS) is 16.9. The highest BCUT2D eigenvalue weighted by Crippen LogP contribution is 2.44. The number of piperazine rings is 1. The average molecular weight is 640 g/mol. The third kappa shape index (κ3) is 5.69. The Morgan fingerprint density at radius 2 is 1.69 bits per heavy atom. The van der Waals surface area contributed by atoms with Crippen LogP contribution in [0.15, 0.2) is 64.3 Å². The third-order valence-electron chi connectivity index (χ3n) is 8.21. The summed E-state index contributed by atoms with van der Waals surface area (Å²) in [6.45, 7) is 6.29. The zero-order valence-corrected chi connectivity index (χ0v) is 25.5. The quantitative estimate of drug-likeness (QED) is 0.276. The first kappa shape index (κ1) is 30.4. The Kier molecular flexibility index (Phi) is 7.71.